The molecule has 118 valence electrons. The van der Waals surface area contributed by atoms with Crippen molar-refractivity contribution in [3.05, 3.63) is 16.5 Å². The van der Waals surface area contributed by atoms with Gasteiger partial charge in [0.1, 0.15) is 4.90 Å². The minimum atomic E-state index is -3.99. The minimum Gasteiger partial charge on any atom is -0.475 e. The number of carboxylic acids is 1. The first-order valence-corrected chi connectivity index (χ1v) is 8.75. The number of sulfonamides is 1. The van der Waals surface area contributed by atoms with E-state index in [-0.39, 0.29) is 16.2 Å². The molecule has 1 aliphatic rings. The smallest absolute Gasteiger partial charge is 0.371 e. The third kappa shape index (κ3) is 3.47. The van der Waals surface area contributed by atoms with Crippen molar-refractivity contribution in [2.75, 3.05) is 6.61 Å². The van der Waals surface area contributed by atoms with Crippen molar-refractivity contribution in [2.24, 2.45) is 0 Å². The van der Waals surface area contributed by atoms with Crippen molar-refractivity contribution in [3.8, 4) is 0 Å². The molecule has 2 rings (SSSR count). The van der Waals surface area contributed by atoms with Gasteiger partial charge in [-0.1, -0.05) is 19.3 Å². The number of hydrogen-bond donors (Lipinski definition) is 3. The summed E-state index contributed by atoms with van der Waals surface area (Å²) in [7, 11) is -3.99. The molecule has 0 aromatic carbocycles. The van der Waals surface area contributed by atoms with Crippen LogP contribution in [-0.2, 0) is 10.0 Å². The van der Waals surface area contributed by atoms with Gasteiger partial charge in [0.15, 0.2) is 4.67 Å². The predicted octanol–water partition coefficient (Wildman–Crippen LogP) is 1.71. The first-order valence-electron chi connectivity index (χ1n) is 6.47. The average molecular weight is 382 g/mol. The molecule has 0 bridgehead atoms. The number of aromatic carboxylic acids is 1. The zero-order chi connectivity index (χ0) is 15.7. The van der Waals surface area contributed by atoms with E-state index in [1.807, 2.05) is 0 Å². The minimum absolute atomic E-state index is 0.170. The lowest BCUT2D eigenvalue weighted by atomic mass is 9.83. The maximum Gasteiger partial charge on any atom is 0.371 e. The molecule has 3 N–H and O–H groups in total. The third-order valence-corrected chi connectivity index (χ3v) is 6.06. The maximum atomic E-state index is 12.4. The van der Waals surface area contributed by atoms with Gasteiger partial charge in [0.2, 0.25) is 15.8 Å². The summed E-state index contributed by atoms with van der Waals surface area (Å²) in [5, 5.41) is 18.4. The van der Waals surface area contributed by atoms with E-state index in [4.69, 9.17) is 9.52 Å². The average Bonchev–Trinajstić information content (AvgIpc) is 2.82. The number of furan rings is 1. The fourth-order valence-corrected chi connectivity index (χ4v) is 4.89. The van der Waals surface area contributed by atoms with Crippen LogP contribution in [0.25, 0.3) is 0 Å². The van der Waals surface area contributed by atoms with Crippen LogP contribution in [0.1, 0.15) is 42.7 Å². The van der Waals surface area contributed by atoms with Gasteiger partial charge in [-0.25, -0.2) is 17.9 Å². The van der Waals surface area contributed by atoms with Crippen molar-refractivity contribution >= 4 is 31.9 Å². The number of carbonyl (C=O) groups is 1. The topological polar surface area (TPSA) is 117 Å². The zero-order valence-corrected chi connectivity index (χ0v) is 13.5. The number of aliphatic hydroxyl groups excluding tert-OH is 1. The van der Waals surface area contributed by atoms with Crippen LogP contribution in [0.3, 0.4) is 0 Å². The van der Waals surface area contributed by atoms with Crippen LogP contribution in [-0.4, -0.2) is 36.7 Å². The van der Waals surface area contributed by atoms with Crippen molar-refractivity contribution in [3.63, 3.8) is 0 Å². The monoisotopic (exact) mass is 381 g/mol. The molecule has 0 spiro atoms. The molecule has 1 fully saturated rings. The van der Waals surface area contributed by atoms with Gasteiger partial charge in [-0.2, -0.15) is 0 Å². The molecule has 0 radical (unpaired) electrons. The van der Waals surface area contributed by atoms with Crippen LogP contribution in [0.2, 0.25) is 0 Å². The maximum absolute atomic E-state index is 12.4. The summed E-state index contributed by atoms with van der Waals surface area (Å²) < 4.78 is 32.0. The second-order valence-electron chi connectivity index (χ2n) is 5.16. The van der Waals surface area contributed by atoms with Crippen LogP contribution < -0.4 is 4.72 Å². The fourth-order valence-electron chi connectivity index (χ4n) is 2.50. The van der Waals surface area contributed by atoms with Gasteiger partial charge >= 0.3 is 5.97 Å². The van der Waals surface area contributed by atoms with Crippen LogP contribution in [0.15, 0.2) is 20.0 Å². The zero-order valence-electron chi connectivity index (χ0n) is 11.1. The van der Waals surface area contributed by atoms with E-state index in [2.05, 4.69) is 20.7 Å². The summed E-state index contributed by atoms with van der Waals surface area (Å²) in [6, 6.07) is 0.947. The number of hydrogen-bond acceptors (Lipinski definition) is 5. The van der Waals surface area contributed by atoms with Gasteiger partial charge in [-0.05, 0) is 28.8 Å². The van der Waals surface area contributed by atoms with E-state index in [1.54, 1.807) is 0 Å². The van der Waals surface area contributed by atoms with E-state index in [1.165, 1.54) is 0 Å². The van der Waals surface area contributed by atoms with Gasteiger partial charge in [-0.3, -0.25) is 0 Å². The molecular formula is C12H16BrNO6S. The van der Waals surface area contributed by atoms with E-state index < -0.39 is 27.3 Å². The van der Waals surface area contributed by atoms with Crippen molar-refractivity contribution < 1.29 is 27.8 Å². The number of aliphatic hydroxyl groups is 1. The summed E-state index contributed by atoms with van der Waals surface area (Å²) in [6.45, 7) is -0.298. The molecule has 1 heterocycles. The highest BCUT2D eigenvalue weighted by Gasteiger charge is 2.37. The number of rotatable bonds is 5. The summed E-state index contributed by atoms with van der Waals surface area (Å²) in [5.74, 6) is -1.82. The Bertz CT molecular complexity index is 632. The van der Waals surface area contributed by atoms with E-state index in [0.717, 1.165) is 25.3 Å². The summed E-state index contributed by atoms with van der Waals surface area (Å²) in [5.41, 5.74) is -0.892. The lowest BCUT2D eigenvalue weighted by molar-refractivity contribution is 0.0661. The molecule has 0 amide bonds. The lowest BCUT2D eigenvalue weighted by Crippen LogP contribution is -2.52. The Labute approximate surface area is 130 Å². The Morgan fingerprint density at radius 3 is 2.48 bits per heavy atom. The van der Waals surface area contributed by atoms with Crippen molar-refractivity contribution in [2.45, 2.75) is 42.5 Å². The van der Waals surface area contributed by atoms with Crippen LogP contribution in [0, 0.1) is 0 Å². The van der Waals surface area contributed by atoms with Gasteiger partial charge < -0.3 is 14.6 Å². The Balaban J connectivity index is 2.31. The Morgan fingerprint density at radius 1 is 1.38 bits per heavy atom. The predicted molar refractivity (Wildman–Crippen MR) is 76.6 cm³/mol. The van der Waals surface area contributed by atoms with Crippen LogP contribution in [0.5, 0.6) is 0 Å². The lowest BCUT2D eigenvalue weighted by Gasteiger charge is -2.35. The van der Waals surface area contributed by atoms with Crippen LogP contribution in [0.4, 0.5) is 0 Å². The number of carboxylic acid groups (broad SMARTS) is 1. The highest BCUT2D eigenvalue weighted by molar-refractivity contribution is 9.10. The number of halogens is 1. The standard InChI is InChI=1S/C12H16BrNO6S/c13-10-9(6-8(20-10)11(16)17)21(18,19)14-12(7-15)4-2-1-3-5-12/h6,14-15H,1-5,7H2,(H,16,17). The molecular weight excluding hydrogens is 366 g/mol. The summed E-state index contributed by atoms with van der Waals surface area (Å²) in [4.78, 5) is 10.6. The Kier molecular flexibility index (Phi) is 4.76. The summed E-state index contributed by atoms with van der Waals surface area (Å²) in [6.07, 6.45) is 3.75. The molecule has 1 aromatic heterocycles. The third-order valence-electron chi connectivity index (χ3n) is 3.62. The van der Waals surface area contributed by atoms with Gasteiger partial charge in [0, 0.05) is 6.07 Å². The first-order chi connectivity index (χ1) is 9.80. The Hall–Kier alpha value is -0.900. The highest BCUT2D eigenvalue weighted by Crippen LogP contribution is 2.32. The Morgan fingerprint density at radius 2 is 2.00 bits per heavy atom. The van der Waals surface area contributed by atoms with Gasteiger partial charge in [-0.15, -0.1) is 0 Å². The van der Waals surface area contributed by atoms with E-state index in [9.17, 15) is 18.3 Å². The molecule has 7 nitrogen and oxygen atoms in total. The normalized spacial score (nSPS) is 18.6. The van der Waals surface area contributed by atoms with Crippen LogP contribution >= 0.6 is 15.9 Å². The largest absolute Gasteiger partial charge is 0.475 e. The van der Waals surface area contributed by atoms with E-state index in [0.29, 0.717) is 12.8 Å². The second-order valence-corrected chi connectivity index (χ2v) is 7.53. The molecule has 9 heteroatoms. The highest BCUT2D eigenvalue weighted by atomic mass is 79.9. The van der Waals surface area contributed by atoms with Crippen molar-refractivity contribution in [1.82, 2.24) is 4.72 Å². The molecule has 1 aromatic rings. The van der Waals surface area contributed by atoms with E-state index >= 15 is 0 Å². The van der Waals surface area contributed by atoms with Gasteiger partial charge in [0.25, 0.3) is 0 Å². The molecule has 0 saturated heterocycles. The fraction of sp³-hybridized carbons (Fsp3) is 0.583. The molecule has 1 saturated carbocycles. The quantitative estimate of drug-likeness (QED) is 0.714. The molecule has 0 unspecified atom stereocenters. The molecule has 1 aliphatic carbocycles. The molecule has 0 atom stereocenters. The molecule has 0 aliphatic heterocycles. The van der Waals surface area contributed by atoms with Gasteiger partial charge in [0.05, 0.1) is 12.1 Å². The van der Waals surface area contributed by atoms with Crippen molar-refractivity contribution in [1.29, 1.82) is 0 Å². The second kappa shape index (κ2) is 6.07. The number of nitrogens with one attached hydrogen (secondary N) is 1. The molecule has 21 heavy (non-hydrogen) atoms. The SMILES string of the molecule is O=C(O)c1cc(S(=O)(=O)NC2(CO)CCCCC2)c(Br)o1. The summed E-state index contributed by atoms with van der Waals surface area (Å²) >= 11 is 2.91. The first kappa shape index (κ1) is 16.5.